The average molecular weight is 381 g/mol. The lowest BCUT2D eigenvalue weighted by molar-refractivity contribution is -0.116. The number of aromatic nitrogens is 1. The summed E-state index contributed by atoms with van der Waals surface area (Å²) >= 11 is 1.54. The van der Waals surface area contributed by atoms with Crippen LogP contribution < -0.4 is 16.2 Å². The Bertz CT molecular complexity index is 846. The number of nitrogens with zero attached hydrogens (tertiary/aromatic N) is 1. The van der Waals surface area contributed by atoms with Crippen LogP contribution in [0.1, 0.15) is 32.6 Å². The van der Waals surface area contributed by atoms with E-state index >= 15 is 0 Å². The molecule has 0 radical (unpaired) electrons. The van der Waals surface area contributed by atoms with Crippen molar-refractivity contribution in [3.8, 4) is 11.3 Å². The van der Waals surface area contributed by atoms with E-state index in [9.17, 15) is 4.79 Å². The third-order valence-electron chi connectivity index (χ3n) is 4.06. The van der Waals surface area contributed by atoms with Gasteiger partial charge in [-0.1, -0.05) is 50.1 Å². The van der Waals surface area contributed by atoms with Gasteiger partial charge in [0.25, 0.3) is 0 Å². The molecule has 5 nitrogen and oxygen atoms in total. The molecular weight excluding hydrogens is 356 g/mol. The minimum absolute atomic E-state index is 0.0725. The SMILES string of the molecule is CCCCCC(=O)Nc1ccc(-c2csc(NNc3ccccc3)n2)cc1. The largest absolute Gasteiger partial charge is 0.326 e. The summed E-state index contributed by atoms with van der Waals surface area (Å²) in [5, 5.41) is 5.75. The fourth-order valence-electron chi connectivity index (χ4n) is 2.59. The summed E-state index contributed by atoms with van der Waals surface area (Å²) in [6.45, 7) is 2.13. The van der Waals surface area contributed by atoms with Gasteiger partial charge in [0.2, 0.25) is 11.0 Å². The maximum atomic E-state index is 11.9. The number of amides is 1. The Labute approximate surface area is 163 Å². The van der Waals surface area contributed by atoms with Gasteiger partial charge in [0.15, 0.2) is 0 Å². The van der Waals surface area contributed by atoms with Crippen LogP contribution in [-0.4, -0.2) is 10.9 Å². The zero-order valence-electron chi connectivity index (χ0n) is 15.4. The minimum Gasteiger partial charge on any atom is -0.326 e. The molecule has 2 aromatic carbocycles. The first-order chi connectivity index (χ1) is 13.2. The Hall–Kier alpha value is -2.86. The molecule has 27 heavy (non-hydrogen) atoms. The molecule has 0 saturated carbocycles. The summed E-state index contributed by atoms with van der Waals surface area (Å²) in [5.74, 6) is 0.0725. The summed E-state index contributed by atoms with van der Waals surface area (Å²) < 4.78 is 0. The van der Waals surface area contributed by atoms with Crippen molar-refractivity contribution in [2.45, 2.75) is 32.6 Å². The molecule has 1 aromatic heterocycles. The molecule has 0 unspecified atom stereocenters. The molecule has 3 rings (SSSR count). The summed E-state index contributed by atoms with van der Waals surface area (Å²) in [6, 6.07) is 17.7. The third kappa shape index (κ3) is 5.82. The topological polar surface area (TPSA) is 66.1 Å². The normalized spacial score (nSPS) is 10.4. The molecule has 0 aliphatic carbocycles. The highest BCUT2D eigenvalue weighted by Gasteiger charge is 2.06. The van der Waals surface area contributed by atoms with Gasteiger partial charge in [0.05, 0.1) is 11.4 Å². The standard InChI is InChI=1S/C21H24N4OS/c1-2-3-5-10-20(26)22-17-13-11-16(12-14-17)19-15-27-21(23-19)25-24-18-8-6-4-7-9-18/h4,6-9,11-15,24H,2-3,5,10H2,1H3,(H,22,26)(H,23,25). The van der Waals surface area contributed by atoms with Crippen molar-refractivity contribution >= 4 is 33.8 Å². The molecule has 0 saturated heterocycles. The number of anilines is 3. The summed E-state index contributed by atoms with van der Waals surface area (Å²) in [7, 11) is 0. The number of hydrogen-bond donors (Lipinski definition) is 3. The fraction of sp³-hybridized carbons (Fsp3) is 0.238. The molecule has 0 atom stereocenters. The molecule has 0 aliphatic rings. The highest BCUT2D eigenvalue weighted by atomic mass is 32.1. The van der Waals surface area contributed by atoms with Crippen molar-refractivity contribution < 1.29 is 4.79 Å². The Kier molecular flexibility index (Phi) is 6.82. The number of thiazole rings is 1. The van der Waals surface area contributed by atoms with E-state index in [1.54, 1.807) is 0 Å². The Morgan fingerprint density at radius 3 is 2.48 bits per heavy atom. The molecular formula is C21H24N4OS. The lowest BCUT2D eigenvalue weighted by Gasteiger charge is -2.06. The number of carbonyl (C=O) groups is 1. The Balaban J connectivity index is 1.54. The van der Waals surface area contributed by atoms with Gasteiger partial charge in [-0.25, -0.2) is 4.98 Å². The molecule has 1 heterocycles. The van der Waals surface area contributed by atoms with E-state index in [0.29, 0.717) is 6.42 Å². The van der Waals surface area contributed by atoms with E-state index in [1.165, 1.54) is 11.3 Å². The van der Waals surface area contributed by atoms with Crippen LogP contribution in [0.15, 0.2) is 60.0 Å². The van der Waals surface area contributed by atoms with Gasteiger partial charge in [0, 0.05) is 23.1 Å². The van der Waals surface area contributed by atoms with Crippen LogP contribution in [0, 0.1) is 0 Å². The molecule has 0 aliphatic heterocycles. The maximum absolute atomic E-state index is 11.9. The molecule has 3 N–H and O–H groups in total. The number of para-hydroxylation sites is 1. The second-order valence-corrected chi connectivity index (χ2v) is 7.09. The van der Waals surface area contributed by atoms with Gasteiger partial charge in [0.1, 0.15) is 0 Å². The fourth-order valence-corrected chi connectivity index (χ4v) is 3.27. The van der Waals surface area contributed by atoms with E-state index in [2.05, 4.69) is 28.1 Å². The quantitative estimate of drug-likeness (QED) is 0.326. The van der Waals surface area contributed by atoms with Crippen LogP contribution >= 0.6 is 11.3 Å². The smallest absolute Gasteiger partial charge is 0.224 e. The van der Waals surface area contributed by atoms with E-state index in [4.69, 9.17) is 0 Å². The summed E-state index contributed by atoms with van der Waals surface area (Å²) in [4.78, 5) is 16.5. The van der Waals surface area contributed by atoms with Gasteiger partial charge >= 0.3 is 0 Å². The zero-order chi connectivity index (χ0) is 18.9. The predicted octanol–water partition coefficient (Wildman–Crippen LogP) is 5.77. The molecule has 0 fully saturated rings. The predicted molar refractivity (Wildman–Crippen MR) is 114 cm³/mol. The van der Waals surface area contributed by atoms with E-state index in [-0.39, 0.29) is 5.91 Å². The first kappa shape index (κ1) is 18.9. The number of nitrogens with one attached hydrogen (secondary N) is 3. The molecule has 0 bridgehead atoms. The number of rotatable bonds is 9. The highest BCUT2D eigenvalue weighted by molar-refractivity contribution is 7.14. The highest BCUT2D eigenvalue weighted by Crippen LogP contribution is 2.26. The first-order valence-corrected chi connectivity index (χ1v) is 10.1. The van der Waals surface area contributed by atoms with Gasteiger partial charge in [-0.05, 0) is 30.7 Å². The number of unbranched alkanes of at least 4 members (excludes halogenated alkanes) is 2. The van der Waals surface area contributed by atoms with Crippen LogP contribution in [0.4, 0.5) is 16.5 Å². The monoisotopic (exact) mass is 380 g/mol. The molecule has 1 amide bonds. The van der Waals surface area contributed by atoms with Crippen molar-refractivity contribution in [2.24, 2.45) is 0 Å². The summed E-state index contributed by atoms with van der Waals surface area (Å²) in [6.07, 6.45) is 3.72. The van der Waals surface area contributed by atoms with E-state index in [1.807, 2.05) is 60.0 Å². The molecule has 6 heteroatoms. The van der Waals surface area contributed by atoms with Crippen LogP contribution in [-0.2, 0) is 4.79 Å². The van der Waals surface area contributed by atoms with Crippen LogP contribution in [0.2, 0.25) is 0 Å². The van der Waals surface area contributed by atoms with Gasteiger partial charge < -0.3 is 5.32 Å². The second kappa shape index (κ2) is 9.73. The van der Waals surface area contributed by atoms with Crippen LogP contribution in [0.3, 0.4) is 0 Å². The first-order valence-electron chi connectivity index (χ1n) is 9.17. The van der Waals surface area contributed by atoms with Crippen molar-refractivity contribution in [3.05, 3.63) is 60.0 Å². The molecule has 140 valence electrons. The average Bonchev–Trinajstić information content (AvgIpc) is 3.17. The van der Waals surface area contributed by atoms with Crippen molar-refractivity contribution in [1.29, 1.82) is 0 Å². The number of carbonyl (C=O) groups excluding carboxylic acids is 1. The van der Waals surface area contributed by atoms with Gasteiger partial charge in [-0.15, -0.1) is 11.3 Å². The number of hydrogen-bond acceptors (Lipinski definition) is 5. The maximum Gasteiger partial charge on any atom is 0.224 e. The lowest BCUT2D eigenvalue weighted by atomic mass is 10.1. The Morgan fingerprint density at radius 1 is 0.963 bits per heavy atom. The summed E-state index contributed by atoms with van der Waals surface area (Å²) in [5.41, 5.74) is 9.96. The third-order valence-corrected chi connectivity index (χ3v) is 4.82. The second-order valence-electron chi connectivity index (χ2n) is 6.24. The molecule has 0 spiro atoms. The number of hydrazine groups is 1. The van der Waals surface area contributed by atoms with Crippen molar-refractivity contribution in [3.63, 3.8) is 0 Å². The van der Waals surface area contributed by atoms with Crippen molar-refractivity contribution in [1.82, 2.24) is 4.98 Å². The van der Waals surface area contributed by atoms with E-state index < -0.39 is 0 Å². The van der Waals surface area contributed by atoms with E-state index in [0.717, 1.165) is 47.0 Å². The van der Waals surface area contributed by atoms with Crippen LogP contribution in [0.5, 0.6) is 0 Å². The van der Waals surface area contributed by atoms with Gasteiger partial charge in [-0.2, -0.15) is 0 Å². The number of benzene rings is 2. The van der Waals surface area contributed by atoms with Gasteiger partial charge in [-0.3, -0.25) is 15.6 Å². The van der Waals surface area contributed by atoms with Crippen LogP contribution in [0.25, 0.3) is 11.3 Å². The molecule has 3 aromatic rings. The van der Waals surface area contributed by atoms with Crippen molar-refractivity contribution in [2.75, 3.05) is 16.2 Å². The lowest BCUT2D eigenvalue weighted by Crippen LogP contribution is -2.10. The minimum atomic E-state index is 0.0725. The Morgan fingerprint density at radius 2 is 1.74 bits per heavy atom. The zero-order valence-corrected chi connectivity index (χ0v) is 16.2.